The van der Waals surface area contributed by atoms with E-state index in [1.54, 1.807) is 0 Å². The van der Waals surface area contributed by atoms with E-state index in [-0.39, 0.29) is 6.10 Å². The summed E-state index contributed by atoms with van der Waals surface area (Å²) in [7, 11) is 0. The highest BCUT2D eigenvalue weighted by Crippen LogP contribution is 2.34. The van der Waals surface area contributed by atoms with E-state index in [9.17, 15) is 5.11 Å². The molecule has 1 N–H and O–H groups in total. The molecule has 1 aromatic carbocycles. The van der Waals surface area contributed by atoms with Crippen LogP contribution in [0.4, 0.5) is 5.69 Å². The van der Waals surface area contributed by atoms with Gasteiger partial charge < -0.3 is 10.0 Å². The topological polar surface area (TPSA) is 23.5 Å². The van der Waals surface area contributed by atoms with Gasteiger partial charge in [-0.05, 0) is 48.9 Å². The Bertz CT molecular complexity index is 369. The molecule has 1 unspecified atom stereocenters. The highest BCUT2D eigenvalue weighted by Gasteiger charge is 2.21. The summed E-state index contributed by atoms with van der Waals surface area (Å²) in [5, 5.41) is 9.72. The van der Waals surface area contributed by atoms with Crippen LogP contribution in [0.1, 0.15) is 36.5 Å². The quantitative estimate of drug-likeness (QED) is 0.756. The first-order chi connectivity index (χ1) is 7.34. The second-order valence-electron chi connectivity index (χ2n) is 4.63. The van der Waals surface area contributed by atoms with Crippen LogP contribution in [0.25, 0.3) is 0 Å². The molecule has 0 aromatic heterocycles. The molecular weight excluding hydrogens is 186 g/mol. The predicted molar refractivity (Wildman–Crippen MR) is 61.2 cm³/mol. The Hall–Kier alpha value is -1.02. The van der Waals surface area contributed by atoms with Gasteiger partial charge in [-0.3, -0.25) is 0 Å². The lowest BCUT2D eigenvalue weighted by Crippen LogP contribution is -2.17. The van der Waals surface area contributed by atoms with Crippen LogP contribution in [0.2, 0.25) is 0 Å². The summed E-state index contributed by atoms with van der Waals surface area (Å²) in [5.41, 5.74) is 3.85. The molecule has 0 amide bonds. The van der Waals surface area contributed by atoms with E-state index in [0.29, 0.717) is 0 Å². The fourth-order valence-corrected chi connectivity index (χ4v) is 2.75. The summed E-state index contributed by atoms with van der Waals surface area (Å²) in [6.45, 7) is 2.39. The Morgan fingerprint density at radius 2 is 2.00 bits per heavy atom. The monoisotopic (exact) mass is 203 g/mol. The van der Waals surface area contributed by atoms with Crippen LogP contribution < -0.4 is 4.90 Å². The first kappa shape index (κ1) is 9.22. The molecule has 1 aromatic rings. The van der Waals surface area contributed by atoms with Gasteiger partial charge in [-0.25, -0.2) is 0 Å². The molecule has 3 rings (SSSR count). The lowest BCUT2D eigenvalue weighted by Gasteiger charge is -2.18. The summed E-state index contributed by atoms with van der Waals surface area (Å²) in [6.07, 6.45) is 4.36. The number of nitrogens with zero attached hydrogens (tertiary/aromatic N) is 1. The largest absolute Gasteiger partial charge is 0.388 e. The van der Waals surface area contributed by atoms with Gasteiger partial charge in [0.05, 0.1) is 6.10 Å². The maximum Gasteiger partial charge on any atom is 0.0795 e. The van der Waals surface area contributed by atoms with Gasteiger partial charge in [0.15, 0.2) is 0 Å². The first-order valence-electron chi connectivity index (χ1n) is 5.90. The van der Waals surface area contributed by atoms with Crippen molar-refractivity contribution in [1.82, 2.24) is 0 Å². The summed E-state index contributed by atoms with van der Waals surface area (Å²) in [4.78, 5) is 2.45. The van der Waals surface area contributed by atoms with E-state index in [4.69, 9.17) is 0 Å². The smallest absolute Gasteiger partial charge is 0.0795 e. The molecule has 1 atom stereocenters. The second kappa shape index (κ2) is 3.53. The molecule has 15 heavy (non-hydrogen) atoms. The number of hydrogen-bond acceptors (Lipinski definition) is 2. The van der Waals surface area contributed by atoms with Crippen LogP contribution in [0.5, 0.6) is 0 Å². The number of aliphatic hydroxyl groups is 1. The minimum atomic E-state index is -0.215. The third-order valence-corrected chi connectivity index (χ3v) is 3.64. The standard InChI is InChI=1S/C13H17NO/c15-13-6-3-10-9-11(4-5-12(10)13)14-7-1-2-8-14/h4-5,9,13,15H,1-3,6-8H2. The highest BCUT2D eigenvalue weighted by atomic mass is 16.3. The van der Waals surface area contributed by atoms with E-state index in [1.165, 1.54) is 37.2 Å². The normalized spacial score (nSPS) is 24.6. The molecule has 0 radical (unpaired) electrons. The highest BCUT2D eigenvalue weighted by molar-refractivity contribution is 5.53. The van der Waals surface area contributed by atoms with Gasteiger partial charge in [0.1, 0.15) is 0 Å². The van der Waals surface area contributed by atoms with Gasteiger partial charge in [-0.2, -0.15) is 0 Å². The molecule has 1 aliphatic carbocycles. The molecule has 0 spiro atoms. The average molecular weight is 203 g/mol. The summed E-state index contributed by atoms with van der Waals surface area (Å²) < 4.78 is 0. The van der Waals surface area contributed by atoms with Crippen molar-refractivity contribution in [2.75, 3.05) is 18.0 Å². The molecule has 1 aliphatic heterocycles. The van der Waals surface area contributed by atoms with E-state index in [2.05, 4.69) is 23.1 Å². The van der Waals surface area contributed by atoms with Crippen molar-refractivity contribution >= 4 is 5.69 Å². The molecule has 2 nitrogen and oxygen atoms in total. The van der Waals surface area contributed by atoms with Crippen molar-refractivity contribution in [3.05, 3.63) is 29.3 Å². The van der Waals surface area contributed by atoms with Gasteiger partial charge >= 0.3 is 0 Å². The number of fused-ring (bicyclic) bond motifs is 1. The van der Waals surface area contributed by atoms with Crippen LogP contribution in [0.15, 0.2) is 18.2 Å². The van der Waals surface area contributed by atoms with Gasteiger partial charge in [0.2, 0.25) is 0 Å². The Morgan fingerprint density at radius 1 is 1.20 bits per heavy atom. The zero-order chi connectivity index (χ0) is 10.3. The van der Waals surface area contributed by atoms with Gasteiger partial charge in [0, 0.05) is 18.8 Å². The van der Waals surface area contributed by atoms with Gasteiger partial charge in [-0.15, -0.1) is 0 Å². The number of aryl methyl sites for hydroxylation is 1. The van der Waals surface area contributed by atoms with Crippen molar-refractivity contribution in [2.24, 2.45) is 0 Å². The molecule has 1 heterocycles. The average Bonchev–Trinajstić information content (AvgIpc) is 2.88. The third kappa shape index (κ3) is 1.53. The number of benzene rings is 1. The number of rotatable bonds is 1. The third-order valence-electron chi connectivity index (χ3n) is 3.64. The van der Waals surface area contributed by atoms with Crippen LogP contribution >= 0.6 is 0 Å². The summed E-state index contributed by atoms with van der Waals surface area (Å²) >= 11 is 0. The molecule has 2 heteroatoms. The Morgan fingerprint density at radius 3 is 2.80 bits per heavy atom. The SMILES string of the molecule is OC1CCc2cc(N3CCCC3)ccc21. The number of anilines is 1. The predicted octanol–water partition coefficient (Wildman–Crippen LogP) is 2.27. The fourth-order valence-electron chi connectivity index (χ4n) is 2.75. The van der Waals surface area contributed by atoms with Crippen molar-refractivity contribution in [3.63, 3.8) is 0 Å². The minimum absolute atomic E-state index is 0.215. The van der Waals surface area contributed by atoms with Crippen LogP contribution in [0.3, 0.4) is 0 Å². The van der Waals surface area contributed by atoms with Gasteiger partial charge in [-0.1, -0.05) is 6.07 Å². The maximum atomic E-state index is 9.72. The molecular formula is C13H17NO. The Kier molecular flexibility index (Phi) is 2.17. The van der Waals surface area contributed by atoms with Gasteiger partial charge in [0.25, 0.3) is 0 Å². The van der Waals surface area contributed by atoms with E-state index >= 15 is 0 Å². The van der Waals surface area contributed by atoms with Crippen molar-refractivity contribution in [3.8, 4) is 0 Å². The summed E-state index contributed by atoms with van der Waals surface area (Å²) in [5.74, 6) is 0. The van der Waals surface area contributed by atoms with Crippen molar-refractivity contribution in [2.45, 2.75) is 31.8 Å². The molecule has 0 bridgehead atoms. The Labute approximate surface area is 90.5 Å². The molecule has 0 saturated carbocycles. The van der Waals surface area contributed by atoms with E-state index in [0.717, 1.165) is 18.4 Å². The Balaban J connectivity index is 1.92. The minimum Gasteiger partial charge on any atom is -0.388 e. The fraction of sp³-hybridized carbons (Fsp3) is 0.538. The van der Waals surface area contributed by atoms with E-state index in [1.807, 2.05) is 0 Å². The number of hydrogen-bond donors (Lipinski definition) is 1. The van der Waals surface area contributed by atoms with Crippen LogP contribution in [-0.2, 0) is 6.42 Å². The number of aliphatic hydroxyl groups excluding tert-OH is 1. The van der Waals surface area contributed by atoms with Crippen molar-refractivity contribution in [1.29, 1.82) is 0 Å². The second-order valence-corrected chi connectivity index (χ2v) is 4.63. The zero-order valence-corrected chi connectivity index (χ0v) is 8.95. The lowest BCUT2D eigenvalue weighted by atomic mass is 10.1. The van der Waals surface area contributed by atoms with Crippen LogP contribution in [-0.4, -0.2) is 18.2 Å². The van der Waals surface area contributed by atoms with E-state index < -0.39 is 0 Å². The zero-order valence-electron chi connectivity index (χ0n) is 8.95. The maximum absolute atomic E-state index is 9.72. The molecule has 2 aliphatic rings. The van der Waals surface area contributed by atoms with Crippen LogP contribution in [0, 0.1) is 0 Å². The first-order valence-corrected chi connectivity index (χ1v) is 5.90. The van der Waals surface area contributed by atoms with Crippen molar-refractivity contribution < 1.29 is 5.11 Å². The molecule has 1 saturated heterocycles. The molecule has 1 fully saturated rings. The molecule has 80 valence electrons. The summed E-state index contributed by atoms with van der Waals surface area (Å²) in [6, 6.07) is 6.55. The lowest BCUT2D eigenvalue weighted by molar-refractivity contribution is 0.180.